The van der Waals surface area contributed by atoms with Crippen molar-refractivity contribution in [3.63, 3.8) is 0 Å². The normalized spacial score (nSPS) is 13.0. The fourth-order valence-corrected chi connectivity index (χ4v) is 0.429. The molecule has 0 fully saturated rings. The van der Waals surface area contributed by atoms with Gasteiger partial charge in [-0.25, -0.2) is 0 Å². The van der Waals surface area contributed by atoms with Gasteiger partial charge in [0.05, 0.1) is 6.61 Å². The molecular formula is C6H14N2O2. The number of carbonyl (C=O) groups excluding carboxylic acids is 1. The summed E-state index contributed by atoms with van der Waals surface area (Å²) in [7, 11) is 0. The van der Waals surface area contributed by atoms with Crippen molar-refractivity contribution in [2.24, 2.45) is 11.5 Å². The molecular weight excluding hydrogens is 132 g/mol. The highest BCUT2D eigenvalue weighted by Crippen LogP contribution is 1.86. The first-order valence-corrected chi connectivity index (χ1v) is 3.28. The summed E-state index contributed by atoms with van der Waals surface area (Å²) in [6, 6.07) is 0.0133. The molecule has 0 aliphatic rings. The number of amides is 1. The Morgan fingerprint density at radius 1 is 1.70 bits per heavy atom. The minimum Gasteiger partial charge on any atom is -0.370 e. The number of carbonyl (C=O) groups is 1. The van der Waals surface area contributed by atoms with Crippen molar-refractivity contribution in [2.75, 3.05) is 13.2 Å². The summed E-state index contributed by atoms with van der Waals surface area (Å²) in [5.41, 5.74) is 10.3. The largest absolute Gasteiger partial charge is 0.370 e. The van der Waals surface area contributed by atoms with E-state index >= 15 is 0 Å². The average molecular weight is 146 g/mol. The van der Waals surface area contributed by atoms with Gasteiger partial charge in [0.15, 0.2) is 0 Å². The lowest BCUT2D eigenvalue weighted by molar-refractivity contribution is -0.122. The summed E-state index contributed by atoms with van der Waals surface area (Å²) in [6.45, 7) is 2.32. The summed E-state index contributed by atoms with van der Waals surface area (Å²) < 4.78 is 4.85. The first kappa shape index (κ1) is 9.39. The van der Waals surface area contributed by atoms with Gasteiger partial charge in [-0.2, -0.15) is 0 Å². The van der Waals surface area contributed by atoms with Crippen molar-refractivity contribution >= 4 is 5.91 Å². The van der Waals surface area contributed by atoms with Crippen LogP contribution in [0, 0.1) is 0 Å². The molecule has 0 saturated heterocycles. The highest BCUT2D eigenvalue weighted by atomic mass is 16.5. The molecule has 0 aromatic heterocycles. The van der Waals surface area contributed by atoms with E-state index in [-0.39, 0.29) is 12.6 Å². The maximum absolute atomic E-state index is 10.1. The van der Waals surface area contributed by atoms with Gasteiger partial charge >= 0.3 is 0 Å². The summed E-state index contributed by atoms with van der Waals surface area (Å²) in [6.07, 6.45) is 0.846. The number of ether oxygens (including phenoxy) is 1. The molecule has 0 radical (unpaired) electrons. The van der Waals surface area contributed by atoms with E-state index in [1.165, 1.54) is 0 Å². The lowest BCUT2D eigenvalue weighted by Gasteiger charge is -2.07. The molecule has 0 aromatic rings. The van der Waals surface area contributed by atoms with E-state index in [0.717, 1.165) is 6.42 Å². The van der Waals surface area contributed by atoms with Gasteiger partial charge in [0.1, 0.15) is 6.61 Å². The first-order chi connectivity index (χ1) is 4.66. The minimum absolute atomic E-state index is 0.0133. The molecule has 0 aromatic carbocycles. The molecule has 0 saturated carbocycles. The Morgan fingerprint density at radius 2 is 2.30 bits per heavy atom. The molecule has 10 heavy (non-hydrogen) atoms. The van der Waals surface area contributed by atoms with Crippen LogP contribution < -0.4 is 11.5 Å². The van der Waals surface area contributed by atoms with Gasteiger partial charge in [-0.3, -0.25) is 4.79 Å². The predicted octanol–water partition coefficient (Wildman–Crippen LogP) is -0.774. The lowest BCUT2D eigenvalue weighted by atomic mass is 10.3. The predicted molar refractivity (Wildman–Crippen MR) is 38.3 cm³/mol. The van der Waals surface area contributed by atoms with Crippen LogP contribution in [0.25, 0.3) is 0 Å². The van der Waals surface area contributed by atoms with E-state index in [1.807, 2.05) is 6.92 Å². The summed E-state index contributed by atoms with van der Waals surface area (Å²) >= 11 is 0. The number of hydrogen-bond acceptors (Lipinski definition) is 3. The van der Waals surface area contributed by atoms with Gasteiger partial charge in [-0.05, 0) is 6.42 Å². The molecule has 0 rings (SSSR count). The molecule has 0 aliphatic heterocycles. The van der Waals surface area contributed by atoms with Gasteiger partial charge in [-0.1, -0.05) is 6.92 Å². The van der Waals surface area contributed by atoms with Crippen molar-refractivity contribution in [3.8, 4) is 0 Å². The van der Waals surface area contributed by atoms with Crippen LogP contribution in [0.15, 0.2) is 0 Å². The average Bonchev–Trinajstić information content (AvgIpc) is 1.87. The Hall–Kier alpha value is -0.610. The van der Waals surface area contributed by atoms with Crippen molar-refractivity contribution in [1.29, 1.82) is 0 Å². The van der Waals surface area contributed by atoms with E-state index in [2.05, 4.69) is 0 Å². The van der Waals surface area contributed by atoms with Crippen molar-refractivity contribution in [1.82, 2.24) is 0 Å². The summed E-state index contributed by atoms with van der Waals surface area (Å²) in [4.78, 5) is 10.1. The molecule has 4 heteroatoms. The SMILES string of the molecule is CCC(N)COCC(N)=O. The Kier molecular flexibility index (Phi) is 4.88. The van der Waals surface area contributed by atoms with E-state index < -0.39 is 5.91 Å². The summed E-state index contributed by atoms with van der Waals surface area (Å²) in [5.74, 6) is -0.455. The maximum Gasteiger partial charge on any atom is 0.243 e. The molecule has 0 spiro atoms. The van der Waals surface area contributed by atoms with Crippen LogP contribution in [0.2, 0.25) is 0 Å². The van der Waals surface area contributed by atoms with Gasteiger partial charge in [0, 0.05) is 6.04 Å². The molecule has 60 valence electrons. The summed E-state index contributed by atoms with van der Waals surface area (Å²) in [5, 5.41) is 0. The standard InChI is InChI=1S/C6H14N2O2/c1-2-5(7)3-10-4-6(8)9/h5H,2-4,7H2,1H3,(H2,8,9). The monoisotopic (exact) mass is 146 g/mol. The Balaban J connectivity index is 3.11. The third kappa shape index (κ3) is 5.53. The molecule has 0 bridgehead atoms. The highest BCUT2D eigenvalue weighted by Gasteiger charge is 1.99. The van der Waals surface area contributed by atoms with Gasteiger partial charge in [-0.15, -0.1) is 0 Å². The minimum atomic E-state index is -0.455. The van der Waals surface area contributed by atoms with E-state index in [4.69, 9.17) is 16.2 Å². The van der Waals surface area contributed by atoms with E-state index in [1.54, 1.807) is 0 Å². The zero-order valence-corrected chi connectivity index (χ0v) is 6.17. The van der Waals surface area contributed by atoms with Crippen LogP contribution >= 0.6 is 0 Å². The first-order valence-electron chi connectivity index (χ1n) is 3.28. The molecule has 0 heterocycles. The zero-order chi connectivity index (χ0) is 7.98. The molecule has 1 unspecified atom stereocenters. The zero-order valence-electron chi connectivity index (χ0n) is 6.17. The molecule has 1 atom stereocenters. The van der Waals surface area contributed by atoms with E-state index in [9.17, 15) is 4.79 Å². The molecule has 4 N–H and O–H groups in total. The van der Waals surface area contributed by atoms with Gasteiger partial charge < -0.3 is 16.2 Å². The van der Waals surface area contributed by atoms with Gasteiger partial charge in [0.25, 0.3) is 0 Å². The molecule has 4 nitrogen and oxygen atoms in total. The van der Waals surface area contributed by atoms with Crippen LogP contribution in [0.1, 0.15) is 13.3 Å². The van der Waals surface area contributed by atoms with Crippen molar-refractivity contribution < 1.29 is 9.53 Å². The fourth-order valence-electron chi connectivity index (χ4n) is 0.429. The number of primary amides is 1. The van der Waals surface area contributed by atoms with Crippen LogP contribution in [-0.4, -0.2) is 25.2 Å². The Morgan fingerprint density at radius 3 is 2.70 bits per heavy atom. The number of nitrogens with two attached hydrogens (primary N) is 2. The maximum atomic E-state index is 10.1. The number of hydrogen-bond donors (Lipinski definition) is 2. The lowest BCUT2D eigenvalue weighted by Crippen LogP contribution is -2.28. The third-order valence-corrected chi connectivity index (χ3v) is 1.10. The van der Waals surface area contributed by atoms with Crippen LogP contribution in [0.3, 0.4) is 0 Å². The van der Waals surface area contributed by atoms with Crippen molar-refractivity contribution in [2.45, 2.75) is 19.4 Å². The molecule has 1 amide bonds. The topological polar surface area (TPSA) is 78.3 Å². The second-order valence-corrected chi connectivity index (χ2v) is 2.15. The van der Waals surface area contributed by atoms with Gasteiger partial charge in [0.2, 0.25) is 5.91 Å². The fraction of sp³-hybridized carbons (Fsp3) is 0.833. The molecule has 0 aliphatic carbocycles. The highest BCUT2D eigenvalue weighted by molar-refractivity contribution is 5.74. The number of rotatable bonds is 5. The van der Waals surface area contributed by atoms with Crippen LogP contribution in [-0.2, 0) is 9.53 Å². The van der Waals surface area contributed by atoms with E-state index in [0.29, 0.717) is 6.61 Å². The smallest absolute Gasteiger partial charge is 0.243 e. The Bertz CT molecular complexity index is 106. The van der Waals surface area contributed by atoms with Crippen molar-refractivity contribution in [3.05, 3.63) is 0 Å². The third-order valence-electron chi connectivity index (χ3n) is 1.10. The quantitative estimate of drug-likeness (QED) is 0.534. The Labute approximate surface area is 60.5 Å². The van der Waals surface area contributed by atoms with Crippen LogP contribution in [0.4, 0.5) is 0 Å². The second kappa shape index (κ2) is 5.20. The second-order valence-electron chi connectivity index (χ2n) is 2.15. The van der Waals surface area contributed by atoms with Crippen LogP contribution in [0.5, 0.6) is 0 Å².